The molecule has 8 heteroatoms. The molecule has 1 heterocycles. The minimum Gasteiger partial charge on any atom is -0.497 e. The number of benzene rings is 2. The molecule has 7 nitrogen and oxygen atoms in total. The van der Waals surface area contributed by atoms with E-state index in [1.165, 1.54) is 6.92 Å². The van der Waals surface area contributed by atoms with Crippen LogP contribution in [0.1, 0.15) is 48.1 Å². The number of ether oxygens (including phenoxy) is 1. The maximum atomic E-state index is 12.9. The van der Waals surface area contributed by atoms with Gasteiger partial charge in [0.1, 0.15) is 5.75 Å². The van der Waals surface area contributed by atoms with Gasteiger partial charge in [-0.1, -0.05) is 23.7 Å². The zero-order valence-corrected chi connectivity index (χ0v) is 18.4. The average molecular weight is 444 g/mol. The fourth-order valence-electron chi connectivity index (χ4n) is 3.61. The monoisotopic (exact) mass is 443 g/mol. The zero-order valence-electron chi connectivity index (χ0n) is 17.6. The van der Waals surface area contributed by atoms with Crippen LogP contribution in [-0.2, 0) is 9.59 Å². The molecular weight excluding hydrogens is 418 g/mol. The summed E-state index contributed by atoms with van der Waals surface area (Å²) in [5, 5.41) is 6.05. The minimum atomic E-state index is -0.520. The van der Waals surface area contributed by atoms with E-state index in [0.29, 0.717) is 35.1 Å². The lowest BCUT2D eigenvalue weighted by molar-refractivity contribution is -0.120. The van der Waals surface area contributed by atoms with Gasteiger partial charge in [0.25, 0.3) is 5.91 Å². The summed E-state index contributed by atoms with van der Waals surface area (Å²) >= 11 is 6.11. The van der Waals surface area contributed by atoms with E-state index < -0.39 is 6.04 Å². The highest BCUT2D eigenvalue weighted by atomic mass is 35.5. The number of halogens is 1. The van der Waals surface area contributed by atoms with Crippen LogP contribution in [0.15, 0.2) is 42.5 Å². The number of carbonyl (C=O) groups excluding carboxylic acids is 3. The molecule has 2 aromatic rings. The van der Waals surface area contributed by atoms with Crippen LogP contribution in [0.5, 0.6) is 5.75 Å². The Balaban J connectivity index is 1.77. The number of amides is 3. The molecule has 0 radical (unpaired) electrons. The van der Waals surface area contributed by atoms with Crippen molar-refractivity contribution in [3.63, 3.8) is 0 Å². The number of methoxy groups -OCH3 is 1. The lowest BCUT2D eigenvalue weighted by Crippen LogP contribution is -2.31. The quantitative estimate of drug-likeness (QED) is 0.681. The van der Waals surface area contributed by atoms with E-state index in [4.69, 9.17) is 16.3 Å². The second-order valence-corrected chi connectivity index (χ2v) is 7.90. The predicted molar refractivity (Wildman–Crippen MR) is 119 cm³/mol. The molecule has 1 unspecified atom stereocenters. The van der Waals surface area contributed by atoms with Gasteiger partial charge in [0.15, 0.2) is 0 Å². The summed E-state index contributed by atoms with van der Waals surface area (Å²) in [5.74, 6) is -0.0396. The van der Waals surface area contributed by atoms with E-state index in [9.17, 15) is 14.4 Å². The van der Waals surface area contributed by atoms with Crippen LogP contribution in [0.25, 0.3) is 0 Å². The smallest absolute Gasteiger partial charge is 0.256 e. The third-order valence-corrected chi connectivity index (χ3v) is 5.40. The molecule has 2 aromatic carbocycles. The van der Waals surface area contributed by atoms with Crippen molar-refractivity contribution in [1.82, 2.24) is 10.2 Å². The fraction of sp³-hybridized carbons (Fsp3) is 0.348. The molecule has 0 saturated carbocycles. The highest BCUT2D eigenvalue weighted by Crippen LogP contribution is 2.26. The fourth-order valence-corrected chi connectivity index (χ4v) is 3.79. The molecule has 31 heavy (non-hydrogen) atoms. The Morgan fingerprint density at radius 2 is 1.77 bits per heavy atom. The molecule has 1 saturated heterocycles. The first-order valence-electron chi connectivity index (χ1n) is 10.2. The van der Waals surface area contributed by atoms with E-state index in [1.807, 2.05) is 0 Å². The Morgan fingerprint density at radius 3 is 2.39 bits per heavy atom. The Bertz CT molecular complexity index is 956. The van der Waals surface area contributed by atoms with Gasteiger partial charge in [-0.2, -0.15) is 0 Å². The molecule has 1 atom stereocenters. The van der Waals surface area contributed by atoms with Gasteiger partial charge in [-0.25, -0.2) is 0 Å². The van der Waals surface area contributed by atoms with Gasteiger partial charge in [0, 0.05) is 25.0 Å². The van der Waals surface area contributed by atoms with E-state index in [2.05, 4.69) is 10.6 Å². The van der Waals surface area contributed by atoms with Crippen molar-refractivity contribution in [2.45, 2.75) is 32.2 Å². The molecular formula is C23H26ClN3O4. The second-order valence-electron chi connectivity index (χ2n) is 7.47. The van der Waals surface area contributed by atoms with Crippen molar-refractivity contribution in [3.8, 4) is 5.75 Å². The first-order valence-corrected chi connectivity index (χ1v) is 10.5. The van der Waals surface area contributed by atoms with Gasteiger partial charge in [-0.3, -0.25) is 14.4 Å². The lowest BCUT2D eigenvalue weighted by Gasteiger charge is -2.20. The summed E-state index contributed by atoms with van der Waals surface area (Å²) in [4.78, 5) is 39.2. The maximum Gasteiger partial charge on any atom is 0.256 e. The first kappa shape index (κ1) is 22.6. The number of anilines is 1. The molecule has 3 amide bonds. The number of carbonyl (C=O) groups is 3. The first-order chi connectivity index (χ1) is 14.9. The highest BCUT2D eigenvalue weighted by molar-refractivity contribution is 6.31. The van der Waals surface area contributed by atoms with Crippen LogP contribution in [-0.4, -0.2) is 42.8 Å². The summed E-state index contributed by atoms with van der Waals surface area (Å²) in [7, 11) is 1.57. The van der Waals surface area contributed by atoms with Crippen LogP contribution in [0.2, 0.25) is 5.02 Å². The lowest BCUT2D eigenvalue weighted by atomic mass is 10.0. The maximum absolute atomic E-state index is 12.9. The molecule has 0 bridgehead atoms. The molecule has 1 aliphatic heterocycles. The van der Waals surface area contributed by atoms with E-state index in [1.54, 1.807) is 54.5 Å². The van der Waals surface area contributed by atoms with Crippen LogP contribution < -0.4 is 15.4 Å². The van der Waals surface area contributed by atoms with E-state index >= 15 is 0 Å². The zero-order chi connectivity index (χ0) is 22.4. The molecule has 0 aromatic heterocycles. The molecule has 2 N–H and O–H groups in total. The molecule has 1 fully saturated rings. The van der Waals surface area contributed by atoms with Crippen LogP contribution >= 0.6 is 11.6 Å². The third-order valence-electron chi connectivity index (χ3n) is 5.16. The second kappa shape index (κ2) is 10.3. The Labute approximate surface area is 186 Å². The Kier molecular flexibility index (Phi) is 7.52. The van der Waals surface area contributed by atoms with Crippen molar-refractivity contribution >= 4 is 35.0 Å². The van der Waals surface area contributed by atoms with E-state index in [0.717, 1.165) is 18.4 Å². The SMILES string of the molecule is COc1ccc(C(CC(=O)Nc2ccc(Cl)cc2C(=O)N2CCCC2)NC(C)=O)cc1. The van der Waals surface area contributed by atoms with Crippen LogP contribution in [0.3, 0.4) is 0 Å². The van der Waals surface area contributed by atoms with E-state index in [-0.39, 0.29) is 24.1 Å². The molecule has 0 aliphatic carbocycles. The Hall–Kier alpha value is -3.06. The van der Waals surface area contributed by atoms with Gasteiger partial charge >= 0.3 is 0 Å². The largest absolute Gasteiger partial charge is 0.497 e. The average Bonchev–Trinajstić information content (AvgIpc) is 3.29. The van der Waals surface area contributed by atoms with Gasteiger partial charge < -0.3 is 20.3 Å². The molecule has 3 rings (SSSR count). The van der Waals surface area contributed by atoms with Crippen molar-refractivity contribution < 1.29 is 19.1 Å². The van der Waals surface area contributed by atoms with Crippen molar-refractivity contribution in [1.29, 1.82) is 0 Å². The third kappa shape index (κ3) is 5.98. The number of hydrogen-bond donors (Lipinski definition) is 2. The summed E-state index contributed by atoms with van der Waals surface area (Å²) in [6, 6.07) is 11.5. The number of nitrogens with one attached hydrogen (secondary N) is 2. The highest BCUT2D eigenvalue weighted by Gasteiger charge is 2.24. The topological polar surface area (TPSA) is 87.7 Å². The molecule has 164 valence electrons. The van der Waals surface area contributed by atoms with Crippen molar-refractivity contribution in [2.75, 3.05) is 25.5 Å². The van der Waals surface area contributed by atoms with Gasteiger partial charge in [0.05, 0.1) is 30.8 Å². The number of nitrogens with zero attached hydrogens (tertiary/aromatic N) is 1. The van der Waals surface area contributed by atoms with Crippen molar-refractivity contribution in [3.05, 3.63) is 58.6 Å². The number of likely N-dealkylation sites (tertiary alicyclic amines) is 1. The van der Waals surface area contributed by atoms with Crippen LogP contribution in [0.4, 0.5) is 5.69 Å². The number of hydrogen-bond acceptors (Lipinski definition) is 4. The standard InChI is InChI=1S/C23H26ClN3O4/c1-15(28)25-21(16-5-8-18(31-2)9-6-16)14-22(29)26-20-10-7-17(24)13-19(20)23(30)27-11-3-4-12-27/h5-10,13,21H,3-4,11-12,14H2,1-2H3,(H,25,28)(H,26,29). The van der Waals surface area contributed by atoms with Crippen molar-refractivity contribution in [2.24, 2.45) is 0 Å². The van der Waals surface area contributed by atoms with Gasteiger partial charge in [-0.05, 0) is 48.7 Å². The van der Waals surface area contributed by atoms with Gasteiger partial charge in [0.2, 0.25) is 11.8 Å². The minimum absolute atomic E-state index is 0.00583. The summed E-state index contributed by atoms with van der Waals surface area (Å²) in [6.45, 7) is 2.79. The van der Waals surface area contributed by atoms with Crippen LogP contribution in [0, 0.1) is 0 Å². The Morgan fingerprint density at radius 1 is 1.10 bits per heavy atom. The molecule has 0 spiro atoms. The summed E-state index contributed by atoms with van der Waals surface area (Å²) in [6.07, 6.45) is 1.94. The van der Waals surface area contributed by atoms with Gasteiger partial charge in [-0.15, -0.1) is 0 Å². The predicted octanol–water partition coefficient (Wildman–Crippen LogP) is 3.79. The molecule has 1 aliphatic rings. The summed E-state index contributed by atoms with van der Waals surface area (Å²) in [5.41, 5.74) is 1.54. The summed E-state index contributed by atoms with van der Waals surface area (Å²) < 4.78 is 5.16. The number of rotatable bonds is 7. The normalized spacial score (nSPS) is 14.1.